The fourth-order valence-corrected chi connectivity index (χ4v) is 1.24. The average molecular weight is 255 g/mol. The summed E-state index contributed by atoms with van der Waals surface area (Å²) in [6, 6.07) is 0.946. The van der Waals surface area contributed by atoms with Gasteiger partial charge in [0.2, 0.25) is 5.91 Å². The van der Waals surface area contributed by atoms with E-state index in [1.165, 1.54) is 6.07 Å². The number of aromatic nitrogens is 1. The first-order valence-corrected chi connectivity index (χ1v) is 5.74. The first-order valence-electron chi connectivity index (χ1n) is 5.74. The van der Waals surface area contributed by atoms with Crippen LogP contribution in [0, 0.1) is 0 Å². The van der Waals surface area contributed by atoms with E-state index in [1.807, 2.05) is 6.92 Å². The zero-order valence-corrected chi connectivity index (χ0v) is 10.4. The van der Waals surface area contributed by atoms with Gasteiger partial charge in [0, 0.05) is 12.6 Å². The van der Waals surface area contributed by atoms with Gasteiger partial charge >= 0.3 is 5.97 Å². The largest absolute Gasteiger partial charge is 0.476 e. The highest BCUT2D eigenvalue weighted by Gasteiger charge is 2.14. The molecule has 1 amide bonds. The summed E-state index contributed by atoms with van der Waals surface area (Å²) in [7, 11) is 0. The molecule has 1 rings (SSSR count). The van der Waals surface area contributed by atoms with Gasteiger partial charge in [-0.15, -0.1) is 0 Å². The van der Waals surface area contributed by atoms with Crippen molar-refractivity contribution in [1.82, 2.24) is 15.8 Å². The minimum absolute atomic E-state index is 0.102. The van der Waals surface area contributed by atoms with E-state index in [-0.39, 0.29) is 24.2 Å². The van der Waals surface area contributed by atoms with Crippen LogP contribution in [0.4, 0.5) is 0 Å². The standard InChI is InChI=1S/C11H17N3O4/c1-3-4-12-10(15)7(2)13-6-8-5-9(11(16)17)14-18-8/h5,7,13H,3-4,6H2,1-2H3,(H,12,15)(H,16,17). The molecule has 7 nitrogen and oxygen atoms in total. The molecule has 0 aliphatic heterocycles. The van der Waals surface area contributed by atoms with Gasteiger partial charge in [-0.3, -0.25) is 10.1 Å². The molecule has 1 aromatic rings. The van der Waals surface area contributed by atoms with Gasteiger partial charge in [0.15, 0.2) is 11.5 Å². The fraction of sp³-hybridized carbons (Fsp3) is 0.545. The maximum absolute atomic E-state index is 11.5. The molecule has 0 aliphatic rings. The molecule has 0 aromatic carbocycles. The van der Waals surface area contributed by atoms with E-state index in [1.54, 1.807) is 6.92 Å². The second kappa shape index (κ2) is 6.75. The van der Waals surface area contributed by atoms with E-state index in [2.05, 4.69) is 15.8 Å². The van der Waals surface area contributed by atoms with Crippen molar-refractivity contribution >= 4 is 11.9 Å². The van der Waals surface area contributed by atoms with Crippen LogP contribution in [0.1, 0.15) is 36.5 Å². The van der Waals surface area contributed by atoms with Gasteiger partial charge < -0.3 is 14.9 Å². The van der Waals surface area contributed by atoms with Crippen LogP contribution in [-0.2, 0) is 11.3 Å². The van der Waals surface area contributed by atoms with Crippen LogP contribution in [0.3, 0.4) is 0 Å². The number of carboxylic acid groups (broad SMARTS) is 1. The molecule has 7 heteroatoms. The molecule has 0 fully saturated rings. The quantitative estimate of drug-likeness (QED) is 0.650. The van der Waals surface area contributed by atoms with Crippen molar-refractivity contribution in [2.24, 2.45) is 0 Å². The summed E-state index contributed by atoms with van der Waals surface area (Å²) in [5.41, 5.74) is -0.144. The van der Waals surface area contributed by atoms with Gasteiger partial charge in [0.25, 0.3) is 0 Å². The summed E-state index contributed by atoms with van der Waals surface area (Å²) in [5, 5.41) is 17.7. The summed E-state index contributed by atoms with van der Waals surface area (Å²) in [6.07, 6.45) is 0.878. The van der Waals surface area contributed by atoms with Crippen molar-refractivity contribution in [2.45, 2.75) is 32.9 Å². The number of hydrogen-bond donors (Lipinski definition) is 3. The van der Waals surface area contributed by atoms with E-state index in [0.29, 0.717) is 12.3 Å². The van der Waals surface area contributed by atoms with Crippen molar-refractivity contribution in [3.05, 3.63) is 17.5 Å². The highest BCUT2D eigenvalue weighted by molar-refractivity contribution is 5.85. The van der Waals surface area contributed by atoms with E-state index in [4.69, 9.17) is 9.63 Å². The minimum atomic E-state index is -1.14. The Morgan fingerprint density at radius 3 is 2.83 bits per heavy atom. The third-order valence-electron chi connectivity index (χ3n) is 2.30. The molecule has 100 valence electrons. The van der Waals surface area contributed by atoms with Crippen molar-refractivity contribution in [1.29, 1.82) is 0 Å². The number of aromatic carboxylic acids is 1. The molecular formula is C11H17N3O4. The number of carbonyl (C=O) groups is 2. The number of hydrogen-bond acceptors (Lipinski definition) is 5. The van der Waals surface area contributed by atoms with Crippen LogP contribution in [0.15, 0.2) is 10.6 Å². The van der Waals surface area contributed by atoms with Gasteiger partial charge in [-0.1, -0.05) is 12.1 Å². The Labute approximate surface area is 105 Å². The van der Waals surface area contributed by atoms with Crippen LogP contribution >= 0.6 is 0 Å². The van der Waals surface area contributed by atoms with Gasteiger partial charge in [-0.2, -0.15) is 0 Å². The van der Waals surface area contributed by atoms with Crippen molar-refractivity contribution in [2.75, 3.05) is 6.54 Å². The molecule has 18 heavy (non-hydrogen) atoms. The van der Waals surface area contributed by atoms with Gasteiger partial charge in [0.1, 0.15) is 0 Å². The zero-order chi connectivity index (χ0) is 13.5. The Hall–Kier alpha value is -1.89. The summed E-state index contributed by atoms with van der Waals surface area (Å²) in [4.78, 5) is 22.1. The van der Waals surface area contributed by atoms with Crippen LogP contribution in [0.5, 0.6) is 0 Å². The molecule has 0 bridgehead atoms. The molecule has 0 saturated heterocycles. The minimum Gasteiger partial charge on any atom is -0.476 e. The Morgan fingerprint density at radius 2 is 2.28 bits per heavy atom. The van der Waals surface area contributed by atoms with Crippen molar-refractivity contribution < 1.29 is 19.2 Å². The molecular weight excluding hydrogens is 238 g/mol. The van der Waals surface area contributed by atoms with Crippen LogP contribution in [0.25, 0.3) is 0 Å². The second-order valence-corrected chi connectivity index (χ2v) is 3.88. The Balaban J connectivity index is 2.39. The third kappa shape index (κ3) is 4.17. The summed E-state index contributed by atoms with van der Waals surface area (Å²) in [6.45, 7) is 4.58. The fourth-order valence-electron chi connectivity index (χ4n) is 1.24. The van der Waals surface area contributed by atoms with Gasteiger partial charge in [-0.05, 0) is 13.3 Å². The molecule has 3 N–H and O–H groups in total. The molecule has 0 spiro atoms. The predicted molar refractivity (Wildman–Crippen MR) is 63.1 cm³/mol. The molecule has 1 atom stereocenters. The summed E-state index contributed by atoms with van der Waals surface area (Å²) < 4.78 is 4.81. The molecule has 1 unspecified atom stereocenters. The normalized spacial score (nSPS) is 12.1. The Kier molecular flexibility index (Phi) is 5.31. The van der Waals surface area contributed by atoms with Crippen molar-refractivity contribution in [3.63, 3.8) is 0 Å². The lowest BCUT2D eigenvalue weighted by molar-refractivity contribution is -0.122. The van der Waals surface area contributed by atoms with Crippen molar-refractivity contribution in [3.8, 4) is 0 Å². The highest BCUT2D eigenvalue weighted by atomic mass is 16.5. The number of carbonyl (C=O) groups excluding carboxylic acids is 1. The number of nitrogens with zero attached hydrogens (tertiary/aromatic N) is 1. The molecule has 0 aliphatic carbocycles. The molecule has 1 aromatic heterocycles. The van der Waals surface area contributed by atoms with E-state index < -0.39 is 5.97 Å². The smallest absolute Gasteiger partial charge is 0.358 e. The predicted octanol–water partition coefficient (Wildman–Crippen LogP) is 0.377. The highest BCUT2D eigenvalue weighted by Crippen LogP contribution is 2.03. The molecule has 0 radical (unpaired) electrons. The van der Waals surface area contributed by atoms with Crippen LogP contribution < -0.4 is 10.6 Å². The maximum Gasteiger partial charge on any atom is 0.358 e. The number of rotatable bonds is 7. The lowest BCUT2D eigenvalue weighted by atomic mass is 10.3. The second-order valence-electron chi connectivity index (χ2n) is 3.88. The Bertz CT molecular complexity index is 416. The topological polar surface area (TPSA) is 104 Å². The lowest BCUT2D eigenvalue weighted by Gasteiger charge is -2.12. The first-order chi connectivity index (χ1) is 8.54. The SMILES string of the molecule is CCCNC(=O)C(C)NCc1cc(C(=O)O)no1. The number of amides is 1. The summed E-state index contributed by atoms with van der Waals surface area (Å²) >= 11 is 0. The maximum atomic E-state index is 11.5. The Morgan fingerprint density at radius 1 is 1.56 bits per heavy atom. The molecule has 0 saturated carbocycles. The summed E-state index contributed by atoms with van der Waals surface area (Å²) in [5.74, 6) is -0.865. The zero-order valence-electron chi connectivity index (χ0n) is 10.4. The van der Waals surface area contributed by atoms with Crippen LogP contribution in [0.2, 0.25) is 0 Å². The lowest BCUT2D eigenvalue weighted by Crippen LogP contribution is -2.42. The van der Waals surface area contributed by atoms with Crippen LogP contribution in [-0.4, -0.2) is 34.7 Å². The average Bonchev–Trinajstić information content (AvgIpc) is 2.81. The van der Waals surface area contributed by atoms with Gasteiger partial charge in [0.05, 0.1) is 12.6 Å². The van der Waals surface area contributed by atoms with E-state index in [9.17, 15) is 9.59 Å². The molecule has 1 heterocycles. The third-order valence-corrected chi connectivity index (χ3v) is 2.30. The van der Waals surface area contributed by atoms with E-state index >= 15 is 0 Å². The van der Waals surface area contributed by atoms with Gasteiger partial charge in [-0.25, -0.2) is 4.79 Å². The number of nitrogens with one attached hydrogen (secondary N) is 2. The number of carboxylic acids is 1. The van der Waals surface area contributed by atoms with E-state index in [0.717, 1.165) is 6.42 Å². The first kappa shape index (κ1) is 14.2. The monoisotopic (exact) mass is 255 g/mol.